The molecule has 70 valence electrons. The van der Waals surface area contributed by atoms with Crippen LogP contribution < -0.4 is 5.32 Å². The fourth-order valence-corrected chi connectivity index (χ4v) is 2.15. The van der Waals surface area contributed by atoms with E-state index in [2.05, 4.69) is 18.3 Å². The number of hydrogen-bond acceptors (Lipinski definition) is 1. The van der Waals surface area contributed by atoms with E-state index in [1.54, 1.807) is 5.57 Å². The standard InChI is InChI=1S/C10H17N.CH4/c1-9-3-2-5-10(6-4-9)7-11-8-10;/h3,11H,2,4-8H2,1H3;1H4. The molecule has 1 aliphatic heterocycles. The third kappa shape index (κ3) is 1.71. The molecule has 0 aromatic carbocycles. The Morgan fingerprint density at radius 1 is 1.33 bits per heavy atom. The molecule has 1 heterocycles. The molecule has 0 bridgehead atoms. The highest BCUT2D eigenvalue weighted by molar-refractivity contribution is 5.06. The van der Waals surface area contributed by atoms with Gasteiger partial charge in [0.2, 0.25) is 0 Å². The quantitative estimate of drug-likeness (QED) is 0.547. The van der Waals surface area contributed by atoms with Crippen molar-refractivity contribution in [2.75, 3.05) is 13.1 Å². The van der Waals surface area contributed by atoms with Crippen LogP contribution in [0.4, 0.5) is 0 Å². The first kappa shape index (κ1) is 9.79. The maximum Gasteiger partial charge on any atom is 0.00204 e. The lowest BCUT2D eigenvalue weighted by Gasteiger charge is -2.42. The Balaban J connectivity index is 0.000000720. The molecule has 0 unspecified atom stereocenters. The van der Waals surface area contributed by atoms with Crippen molar-refractivity contribution in [3.8, 4) is 0 Å². The third-order valence-corrected chi connectivity index (χ3v) is 3.22. The molecule has 0 amide bonds. The molecule has 2 rings (SSSR count). The Labute approximate surface area is 76.2 Å². The summed E-state index contributed by atoms with van der Waals surface area (Å²) in [6.07, 6.45) is 7.90. The summed E-state index contributed by atoms with van der Waals surface area (Å²) in [6, 6.07) is 0. The molecule has 0 aromatic rings. The second-order valence-electron chi connectivity index (χ2n) is 4.19. The van der Waals surface area contributed by atoms with Crippen LogP contribution in [0.25, 0.3) is 0 Å². The van der Waals surface area contributed by atoms with Crippen molar-refractivity contribution >= 4 is 0 Å². The van der Waals surface area contributed by atoms with Crippen LogP contribution in [0.1, 0.15) is 40.0 Å². The molecule has 0 atom stereocenters. The molecule has 1 fully saturated rings. The maximum absolute atomic E-state index is 3.39. The van der Waals surface area contributed by atoms with Gasteiger partial charge in [0.25, 0.3) is 0 Å². The van der Waals surface area contributed by atoms with E-state index in [-0.39, 0.29) is 7.43 Å². The first-order valence-corrected chi connectivity index (χ1v) is 4.67. The van der Waals surface area contributed by atoms with Crippen LogP contribution in [0.3, 0.4) is 0 Å². The Hall–Kier alpha value is -0.300. The Kier molecular flexibility index (Phi) is 2.94. The van der Waals surface area contributed by atoms with Gasteiger partial charge in [-0.3, -0.25) is 0 Å². The van der Waals surface area contributed by atoms with Crippen molar-refractivity contribution < 1.29 is 0 Å². The summed E-state index contributed by atoms with van der Waals surface area (Å²) in [6.45, 7) is 4.81. The van der Waals surface area contributed by atoms with Crippen LogP contribution in [0.5, 0.6) is 0 Å². The second-order valence-corrected chi connectivity index (χ2v) is 4.19. The van der Waals surface area contributed by atoms with Crippen LogP contribution in [0, 0.1) is 5.41 Å². The molecular formula is C11H21N. The van der Waals surface area contributed by atoms with E-state index in [1.807, 2.05) is 0 Å². The van der Waals surface area contributed by atoms with Crippen molar-refractivity contribution in [2.24, 2.45) is 5.41 Å². The minimum Gasteiger partial charge on any atom is -0.316 e. The van der Waals surface area contributed by atoms with E-state index in [9.17, 15) is 0 Å². The highest BCUT2D eigenvalue weighted by atomic mass is 15.0. The Morgan fingerprint density at radius 2 is 2.08 bits per heavy atom. The summed E-state index contributed by atoms with van der Waals surface area (Å²) >= 11 is 0. The molecule has 1 aliphatic carbocycles. The molecule has 0 radical (unpaired) electrons. The molecule has 2 aliphatic rings. The number of allylic oxidation sites excluding steroid dienone is 2. The summed E-state index contributed by atoms with van der Waals surface area (Å²) in [5.41, 5.74) is 2.31. The SMILES string of the molecule is C.CC1=CCCC2(CC1)CNC2. The van der Waals surface area contributed by atoms with Crippen LogP contribution in [-0.2, 0) is 0 Å². The molecule has 0 aromatic heterocycles. The predicted molar refractivity (Wildman–Crippen MR) is 54.3 cm³/mol. The van der Waals surface area contributed by atoms with Crippen molar-refractivity contribution in [2.45, 2.75) is 40.0 Å². The van der Waals surface area contributed by atoms with E-state index in [0.717, 1.165) is 0 Å². The van der Waals surface area contributed by atoms with E-state index >= 15 is 0 Å². The fourth-order valence-electron chi connectivity index (χ4n) is 2.15. The van der Waals surface area contributed by atoms with Gasteiger partial charge in [-0.25, -0.2) is 0 Å². The van der Waals surface area contributed by atoms with Crippen LogP contribution in [0.2, 0.25) is 0 Å². The lowest BCUT2D eigenvalue weighted by molar-refractivity contribution is 0.143. The summed E-state index contributed by atoms with van der Waals surface area (Å²) in [5.74, 6) is 0. The largest absolute Gasteiger partial charge is 0.316 e. The predicted octanol–water partition coefficient (Wildman–Crippen LogP) is 2.73. The third-order valence-electron chi connectivity index (χ3n) is 3.22. The zero-order valence-corrected chi connectivity index (χ0v) is 7.32. The lowest BCUT2D eigenvalue weighted by atomic mass is 9.75. The lowest BCUT2D eigenvalue weighted by Crippen LogP contribution is -2.53. The average Bonchev–Trinajstić information content (AvgIpc) is 2.09. The van der Waals surface area contributed by atoms with Gasteiger partial charge < -0.3 is 5.32 Å². The molecule has 1 N–H and O–H groups in total. The first-order valence-electron chi connectivity index (χ1n) is 4.67. The van der Waals surface area contributed by atoms with Gasteiger partial charge in [-0.05, 0) is 38.0 Å². The van der Waals surface area contributed by atoms with Gasteiger partial charge in [-0.2, -0.15) is 0 Å². The summed E-state index contributed by atoms with van der Waals surface area (Å²) in [7, 11) is 0. The fraction of sp³-hybridized carbons (Fsp3) is 0.818. The highest BCUT2D eigenvalue weighted by Crippen LogP contribution is 2.37. The number of nitrogens with one attached hydrogen (secondary N) is 1. The summed E-state index contributed by atoms with van der Waals surface area (Å²) < 4.78 is 0. The van der Waals surface area contributed by atoms with Gasteiger partial charge >= 0.3 is 0 Å². The van der Waals surface area contributed by atoms with Crippen LogP contribution >= 0.6 is 0 Å². The molecule has 12 heavy (non-hydrogen) atoms. The number of rotatable bonds is 0. The van der Waals surface area contributed by atoms with Crippen LogP contribution in [-0.4, -0.2) is 13.1 Å². The topological polar surface area (TPSA) is 12.0 Å². The summed E-state index contributed by atoms with van der Waals surface area (Å²) in [5, 5.41) is 3.39. The molecule has 1 nitrogen and oxygen atoms in total. The van der Waals surface area contributed by atoms with Crippen molar-refractivity contribution in [1.82, 2.24) is 5.32 Å². The van der Waals surface area contributed by atoms with E-state index in [0.29, 0.717) is 5.41 Å². The van der Waals surface area contributed by atoms with Crippen LogP contribution in [0.15, 0.2) is 11.6 Å². The zero-order chi connectivity index (χ0) is 7.73. The van der Waals surface area contributed by atoms with Gasteiger partial charge in [0.05, 0.1) is 0 Å². The highest BCUT2D eigenvalue weighted by Gasteiger charge is 2.36. The Morgan fingerprint density at radius 3 is 2.67 bits per heavy atom. The maximum atomic E-state index is 3.39. The molecular weight excluding hydrogens is 146 g/mol. The van der Waals surface area contributed by atoms with E-state index < -0.39 is 0 Å². The van der Waals surface area contributed by atoms with Crippen molar-refractivity contribution in [3.05, 3.63) is 11.6 Å². The van der Waals surface area contributed by atoms with Gasteiger partial charge in [0.1, 0.15) is 0 Å². The van der Waals surface area contributed by atoms with Gasteiger partial charge in [0, 0.05) is 13.1 Å². The van der Waals surface area contributed by atoms with Crippen molar-refractivity contribution in [3.63, 3.8) is 0 Å². The monoisotopic (exact) mass is 167 g/mol. The first-order chi connectivity index (χ1) is 5.31. The molecule has 0 saturated carbocycles. The average molecular weight is 167 g/mol. The van der Waals surface area contributed by atoms with Gasteiger partial charge in [-0.15, -0.1) is 0 Å². The number of hydrogen-bond donors (Lipinski definition) is 1. The van der Waals surface area contributed by atoms with E-state index in [1.165, 1.54) is 38.8 Å². The smallest absolute Gasteiger partial charge is 0.00204 e. The summed E-state index contributed by atoms with van der Waals surface area (Å²) in [4.78, 5) is 0. The minimum absolute atomic E-state index is 0. The molecule has 1 heteroatoms. The second kappa shape index (κ2) is 3.61. The van der Waals surface area contributed by atoms with Gasteiger partial charge in [0.15, 0.2) is 0 Å². The van der Waals surface area contributed by atoms with E-state index in [4.69, 9.17) is 0 Å². The Bertz CT molecular complexity index is 177. The zero-order valence-electron chi connectivity index (χ0n) is 7.32. The van der Waals surface area contributed by atoms with Crippen molar-refractivity contribution in [1.29, 1.82) is 0 Å². The molecule has 1 saturated heterocycles. The minimum atomic E-state index is 0. The van der Waals surface area contributed by atoms with Gasteiger partial charge in [-0.1, -0.05) is 19.1 Å². The normalized spacial score (nSPS) is 26.6. The molecule has 1 spiro atoms.